The summed E-state index contributed by atoms with van der Waals surface area (Å²) in [5.74, 6) is 0.593. The summed E-state index contributed by atoms with van der Waals surface area (Å²) < 4.78 is 2.71. The van der Waals surface area contributed by atoms with Gasteiger partial charge in [-0.3, -0.25) is 4.79 Å². The molecule has 1 N–H and O–H groups in total. The van der Waals surface area contributed by atoms with Crippen LogP contribution in [0.1, 0.15) is 34.7 Å². The van der Waals surface area contributed by atoms with E-state index in [4.69, 9.17) is 0 Å². The maximum absolute atomic E-state index is 12.1. The van der Waals surface area contributed by atoms with Gasteiger partial charge < -0.3 is 9.88 Å². The van der Waals surface area contributed by atoms with E-state index in [0.29, 0.717) is 5.56 Å². The van der Waals surface area contributed by atoms with Crippen LogP contribution in [0.4, 0.5) is 0 Å². The van der Waals surface area contributed by atoms with Crippen molar-refractivity contribution in [1.82, 2.24) is 20.1 Å². The Bertz CT molecular complexity index is 608. The standard InChI is InChI=1S/C13H15BrN4O/c1-8-4-5-10(6-11(8)14)13(19)16-9(2)12-17-15-7-18(12)3/h4-7,9H,1-3H3,(H,16,19). The fourth-order valence-electron chi connectivity index (χ4n) is 1.76. The van der Waals surface area contributed by atoms with Gasteiger partial charge in [-0.05, 0) is 31.5 Å². The molecule has 0 saturated carbocycles. The van der Waals surface area contributed by atoms with Crippen LogP contribution in [-0.2, 0) is 7.05 Å². The van der Waals surface area contributed by atoms with Gasteiger partial charge in [0.15, 0.2) is 5.82 Å². The minimum atomic E-state index is -0.194. The Morgan fingerprint density at radius 2 is 2.21 bits per heavy atom. The van der Waals surface area contributed by atoms with Crippen molar-refractivity contribution < 1.29 is 4.79 Å². The van der Waals surface area contributed by atoms with Gasteiger partial charge in [0.2, 0.25) is 0 Å². The summed E-state index contributed by atoms with van der Waals surface area (Å²) in [4.78, 5) is 12.1. The van der Waals surface area contributed by atoms with E-state index in [2.05, 4.69) is 31.4 Å². The number of nitrogens with zero attached hydrogens (tertiary/aromatic N) is 3. The maximum Gasteiger partial charge on any atom is 0.251 e. The summed E-state index contributed by atoms with van der Waals surface area (Å²) in [5.41, 5.74) is 1.71. The molecule has 1 aromatic heterocycles. The number of hydrogen-bond donors (Lipinski definition) is 1. The van der Waals surface area contributed by atoms with E-state index >= 15 is 0 Å². The molecule has 0 bridgehead atoms. The number of amides is 1. The summed E-state index contributed by atoms with van der Waals surface area (Å²) >= 11 is 3.42. The third-order valence-electron chi connectivity index (χ3n) is 2.92. The van der Waals surface area contributed by atoms with Gasteiger partial charge in [0.25, 0.3) is 5.91 Å². The van der Waals surface area contributed by atoms with Crippen molar-refractivity contribution in [2.45, 2.75) is 19.9 Å². The Morgan fingerprint density at radius 1 is 1.47 bits per heavy atom. The van der Waals surface area contributed by atoms with Crippen molar-refractivity contribution in [1.29, 1.82) is 0 Å². The summed E-state index contributed by atoms with van der Waals surface area (Å²) in [6.45, 7) is 3.86. The van der Waals surface area contributed by atoms with Crippen LogP contribution in [0.25, 0.3) is 0 Å². The molecule has 2 aromatic rings. The predicted molar refractivity (Wildman–Crippen MR) is 75.8 cm³/mol. The lowest BCUT2D eigenvalue weighted by atomic mass is 10.1. The van der Waals surface area contributed by atoms with Crippen LogP contribution < -0.4 is 5.32 Å². The fraction of sp³-hybridized carbons (Fsp3) is 0.308. The van der Waals surface area contributed by atoms with Crippen LogP contribution in [-0.4, -0.2) is 20.7 Å². The van der Waals surface area contributed by atoms with Gasteiger partial charge in [-0.25, -0.2) is 0 Å². The first-order valence-electron chi connectivity index (χ1n) is 5.90. The topological polar surface area (TPSA) is 59.8 Å². The Hall–Kier alpha value is -1.69. The monoisotopic (exact) mass is 322 g/mol. The maximum atomic E-state index is 12.1. The van der Waals surface area contributed by atoms with Crippen molar-refractivity contribution in [3.05, 3.63) is 46.0 Å². The Labute approximate surface area is 120 Å². The van der Waals surface area contributed by atoms with Crippen molar-refractivity contribution in [2.75, 3.05) is 0 Å². The highest BCUT2D eigenvalue weighted by atomic mass is 79.9. The number of halogens is 1. The number of carbonyl (C=O) groups excluding carboxylic acids is 1. The van der Waals surface area contributed by atoms with Crippen molar-refractivity contribution in [3.63, 3.8) is 0 Å². The SMILES string of the molecule is Cc1ccc(C(=O)NC(C)c2nncn2C)cc1Br. The Morgan fingerprint density at radius 3 is 2.79 bits per heavy atom. The highest BCUT2D eigenvalue weighted by molar-refractivity contribution is 9.10. The number of aryl methyl sites for hydroxylation is 2. The zero-order valence-electron chi connectivity index (χ0n) is 11.0. The van der Waals surface area contributed by atoms with Gasteiger partial charge >= 0.3 is 0 Å². The number of hydrogen-bond acceptors (Lipinski definition) is 3. The van der Waals surface area contributed by atoms with Crippen LogP contribution >= 0.6 is 15.9 Å². The lowest BCUT2D eigenvalue weighted by molar-refractivity contribution is 0.0937. The van der Waals surface area contributed by atoms with Crippen molar-refractivity contribution in [2.24, 2.45) is 7.05 Å². The van der Waals surface area contributed by atoms with Gasteiger partial charge in [-0.15, -0.1) is 10.2 Å². The normalized spacial score (nSPS) is 12.2. The molecule has 1 atom stereocenters. The highest BCUT2D eigenvalue weighted by Crippen LogP contribution is 2.18. The van der Waals surface area contributed by atoms with E-state index in [1.54, 1.807) is 17.0 Å². The molecule has 19 heavy (non-hydrogen) atoms. The average Bonchev–Trinajstić information content (AvgIpc) is 2.79. The third-order valence-corrected chi connectivity index (χ3v) is 3.77. The van der Waals surface area contributed by atoms with E-state index in [1.807, 2.05) is 33.0 Å². The summed E-state index contributed by atoms with van der Waals surface area (Å²) in [6, 6.07) is 5.33. The van der Waals surface area contributed by atoms with Gasteiger partial charge in [-0.2, -0.15) is 0 Å². The number of nitrogens with one attached hydrogen (secondary N) is 1. The van der Waals surface area contributed by atoms with Crippen LogP contribution in [0.3, 0.4) is 0 Å². The number of carbonyl (C=O) groups is 1. The van der Waals surface area contributed by atoms with Gasteiger partial charge in [0.1, 0.15) is 6.33 Å². The van der Waals surface area contributed by atoms with E-state index in [-0.39, 0.29) is 11.9 Å². The zero-order valence-corrected chi connectivity index (χ0v) is 12.6. The first-order chi connectivity index (χ1) is 8.99. The minimum Gasteiger partial charge on any atom is -0.342 e. The number of benzene rings is 1. The Kier molecular flexibility index (Phi) is 3.99. The summed E-state index contributed by atoms with van der Waals surface area (Å²) in [7, 11) is 1.85. The van der Waals surface area contributed by atoms with E-state index in [9.17, 15) is 4.79 Å². The molecule has 1 unspecified atom stereocenters. The van der Waals surface area contributed by atoms with Crippen LogP contribution in [0.2, 0.25) is 0 Å². The Balaban J connectivity index is 2.13. The van der Waals surface area contributed by atoms with Crippen molar-refractivity contribution in [3.8, 4) is 0 Å². The van der Waals surface area contributed by atoms with Gasteiger partial charge in [0.05, 0.1) is 6.04 Å². The first-order valence-corrected chi connectivity index (χ1v) is 6.69. The smallest absolute Gasteiger partial charge is 0.251 e. The van der Waals surface area contributed by atoms with Crippen molar-refractivity contribution >= 4 is 21.8 Å². The zero-order chi connectivity index (χ0) is 14.0. The molecule has 1 aromatic carbocycles. The molecule has 100 valence electrons. The molecule has 1 heterocycles. The summed E-state index contributed by atoms with van der Waals surface area (Å²) in [5, 5.41) is 10.7. The second-order valence-electron chi connectivity index (χ2n) is 4.46. The molecule has 0 spiro atoms. The lowest BCUT2D eigenvalue weighted by Crippen LogP contribution is -2.28. The molecular formula is C13H15BrN4O. The second-order valence-corrected chi connectivity index (χ2v) is 5.31. The van der Waals surface area contributed by atoms with Crippen LogP contribution in [0.15, 0.2) is 29.0 Å². The predicted octanol–water partition coefficient (Wildman–Crippen LogP) is 2.38. The molecule has 0 aliphatic heterocycles. The van der Waals surface area contributed by atoms with Gasteiger partial charge in [0, 0.05) is 17.1 Å². The molecule has 0 fully saturated rings. The largest absolute Gasteiger partial charge is 0.342 e. The molecule has 0 radical (unpaired) electrons. The molecule has 2 rings (SSSR count). The first kappa shape index (κ1) is 13.7. The third kappa shape index (κ3) is 3.01. The molecule has 1 amide bonds. The quantitative estimate of drug-likeness (QED) is 0.943. The second kappa shape index (κ2) is 5.52. The van der Waals surface area contributed by atoms with E-state index in [0.717, 1.165) is 15.9 Å². The minimum absolute atomic E-state index is 0.129. The molecule has 0 aliphatic rings. The average molecular weight is 323 g/mol. The molecular weight excluding hydrogens is 308 g/mol. The highest BCUT2D eigenvalue weighted by Gasteiger charge is 2.15. The summed E-state index contributed by atoms with van der Waals surface area (Å²) in [6.07, 6.45) is 1.61. The van der Waals surface area contributed by atoms with Crippen LogP contribution in [0.5, 0.6) is 0 Å². The van der Waals surface area contributed by atoms with Gasteiger partial charge in [-0.1, -0.05) is 22.0 Å². The molecule has 0 saturated heterocycles. The lowest BCUT2D eigenvalue weighted by Gasteiger charge is -2.13. The molecule has 0 aliphatic carbocycles. The number of rotatable bonds is 3. The molecule has 6 heteroatoms. The van der Waals surface area contributed by atoms with E-state index < -0.39 is 0 Å². The molecule has 5 nitrogen and oxygen atoms in total. The number of aromatic nitrogens is 3. The van der Waals surface area contributed by atoms with E-state index in [1.165, 1.54) is 0 Å². The fourth-order valence-corrected chi connectivity index (χ4v) is 2.14. The van der Waals surface area contributed by atoms with Crippen LogP contribution in [0, 0.1) is 6.92 Å².